The van der Waals surface area contributed by atoms with Gasteiger partial charge in [-0.25, -0.2) is 0 Å². The Kier molecular flexibility index (Phi) is 4.00. The largest absolute Gasteiger partial charge is 0.285 e. The Balaban J connectivity index is 2.96. The fourth-order valence-corrected chi connectivity index (χ4v) is 1.91. The Morgan fingerprint density at radius 1 is 1.40 bits per heavy atom. The van der Waals surface area contributed by atoms with Crippen LogP contribution in [0.25, 0.3) is 0 Å². The van der Waals surface area contributed by atoms with Gasteiger partial charge in [-0.1, -0.05) is 35.3 Å². The summed E-state index contributed by atoms with van der Waals surface area (Å²) >= 11 is 11.6. The monoisotopic (exact) mass is 268 g/mol. The predicted octanol–water partition coefficient (Wildman–Crippen LogP) is 2.81. The minimum absolute atomic E-state index is 0.137. The van der Waals surface area contributed by atoms with Crippen molar-refractivity contribution in [1.29, 1.82) is 0 Å². The van der Waals surface area contributed by atoms with E-state index in [2.05, 4.69) is 0 Å². The van der Waals surface area contributed by atoms with Gasteiger partial charge >= 0.3 is 0 Å². The van der Waals surface area contributed by atoms with Crippen LogP contribution in [0.1, 0.15) is 12.5 Å². The molecule has 0 aromatic heterocycles. The van der Waals surface area contributed by atoms with Gasteiger partial charge in [0.1, 0.15) is 0 Å². The number of hydrogen-bond acceptors (Lipinski definition) is 2. The zero-order valence-electron chi connectivity index (χ0n) is 7.94. The maximum atomic E-state index is 10.8. The highest BCUT2D eigenvalue weighted by Gasteiger charge is 2.19. The van der Waals surface area contributed by atoms with Crippen molar-refractivity contribution in [2.24, 2.45) is 0 Å². The molecule has 0 aliphatic carbocycles. The zero-order valence-corrected chi connectivity index (χ0v) is 10.3. The molecule has 0 aliphatic rings. The van der Waals surface area contributed by atoms with Crippen molar-refractivity contribution in [2.45, 2.75) is 18.6 Å². The summed E-state index contributed by atoms with van der Waals surface area (Å²) in [4.78, 5) is 0. The van der Waals surface area contributed by atoms with Crippen molar-refractivity contribution in [1.82, 2.24) is 0 Å². The maximum Gasteiger partial charge on any atom is 0.267 e. The summed E-state index contributed by atoms with van der Waals surface area (Å²) in [5.74, 6) is 0. The van der Waals surface area contributed by atoms with Gasteiger partial charge < -0.3 is 0 Å². The number of hydrogen-bond donors (Lipinski definition) is 1. The molecule has 1 rings (SSSR count). The molecule has 0 heterocycles. The van der Waals surface area contributed by atoms with Gasteiger partial charge in [-0.3, -0.25) is 4.55 Å². The third kappa shape index (κ3) is 3.34. The summed E-state index contributed by atoms with van der Waals surface area (Å²) in [6.45, 7) is 1.41. The molecular formula is C9H10Cl2O3S. The highest BCUT2D eigenvalue weighted by molar-refractivity contribution is 7.86. The van der Waals surface area contributed by atoms with Crippen molar-refractivity contribution in [3.63, 3.8) is 0 Å². The van der Waals surface area contributed by atoms with Gasteiger partial charge in [0.25, 0.3) is 10.1 Å². The highest BCUT2D eigenvalue weighted by Crippen LogP contribution is 2.27. The summed E-state index contributed by atoms with van der Waals surface area (Å²) < 4.78 is 30.4. The lowest BCUT2D eigenvalue weighted by molar-refractivity contribution is 0.469. The molecule has 0 fully saturated rings. The van der Waals surface area contributed by atoms with Gasteiger partial charge in [0.05, 0.1) is 15.3 Å². The molecule has 0 saturated carbocycles. The molecule has 15 heavy (non-hydrogen) atoms. The lowest BCUT2D eigenvalue weighted by Crippen LogP contribution is -2.19. The molecule has 1 atom stereocenters. The fraction of sp³-hybridized carbons (Fsp3) is 0.333. The number of rotatable bonds is 3. The van der Waals surface area contributed by atoms with E-state index in [9.17, 15) is 8.42 Å². The molecular weight excluding hydrogens is 259 g/mol. The normalized spacial score (nSPS) is 13.9. The van der Waals surface area contributed by atoms with Gasteiger partial charge in [0.15, 0.2) is 0 Å². The van der Waals surface area contributed by atoms with Gasteiger partial charge in [-0.15, -0.1) is 0 Å². The SMILES string of the molecule is CC(Cc1cccc(Cl)c1Cl)S(=O)(=O)O. The van der Waals surface area contributed by atoms with Crippen LogP contribution in [0.4, 0.5) is 0 Å². The van der Waals surface area contributed by atoms with Crippen LogP contribution in [-0.4, -0.2) is 18.2 Å². The minimum atomic E-state index is -4.03. The molecule has 0 amide bonds. The average molecular weight is 269 g/mol. The molecule has 1 unspecified atom stereocenters. The molecule has 1 aromatic carbocycles. The second kappa shape index (κ2) is 4.70. The van der Waals surface area contributed by atoms with E-state index in [0.29, 0.717) is 15.6 Å². The van der Waals surface area contributed by atoms with Crippen LogP contribution in [0.15, 0.2) is 18.2 Å². The van der Waals surface area contributed by atoms with Crippen molar-refractivity contribution < 1.29 is 13.0 Å². The smallest absolute Gasteiger partial charge is 0.267 e. The van der Waals surface area contributed by atoms with Crippen LogP contribution < -0.4 is 0 Å². The first-order chi connectivity index (χ1) is 6.82. The van der Waals surface area contributed by atoms with E-state index < -0.39 is 15.4 Å². The zero-order chi connectivity index (χ0) is 11.6. The van der Waals surface area contributed by atoms with Crippen LogP contribution in [-0.2, 0) is 16.5 Å². The van der Waals surface area contributed by atoms with Gasteiger partial charge in [0.2, 0.25) is 0 Å². The highest BCUT2D eigenvalue weighted by atomic mass is 35.5. The topological polar surface area (TPSA) is 54.4 Å². The van der Waals surface area contributed by atoms with E-state index in [0.717, 1.165) is 0 Å². The first-order valence-electron chi connectivity index (χ1n) is 4.21. The molecule has 0 spiro atoms. The second-order valence-electron chi connectivity index (χ2n) is 3.24. The molecule has 0 saturated heterocycles. The molecule has 6 heteroatoms. The van der Waals surface area contributed by atoms with E-state index in [1.54, 1.807) is 18.2 Å². The summed E-state index contributed by atoms with van der Waals surface area (Å²) in [5, 5.41) is -0.195. The standard InChI is InChI=1S/C9H10Cl2O3S/c1-6(15(12,13)14)5-7-3-2-4-8(10)9(7)11/h2-4,6H,5H2,1H3,(H,12,13,14). The molecule has 84 valence electrons. The van der Waals surface area contributed by atoms with Crippen LogP contribution >= 0.6 is 23.2 Å². The van der Waals surface area contributed by atoms with Crippen molar-refractivity contribution in [2.75, 3.05) is 0 Å². The van der Waals surface area contributed by atoms with E-state index in [-0.39, 0.29) is 6.42 Å². The number of benzene rings is 1. The van der Waals surface area contributed by atoms with E-state index in [1.807, 2.05) is 0 Å². The van der Waals surface area contributed by atoms with Crippen LogP contribution in [0.5, 0.6) is 0 Å². The van der Waals surface area contributed by atoms with Gasteiger partial charge in [0, 0.05) is 0 Å². The van der Waals surface area contributed by atoms with Crippen molar-refractivity contribution >= 4 is 33.3 Å². The Labute approximate surface area is 98.8 Å². The Bertz CT molecular complexity index is 456. The van der Waals surface area contributed by atoms with Crippen LogP contribution in [0, 0.1) is 0 Å². The van der Waals surface area contributed by atoms with E-state index in [1.165, 1.54) is 6.92 Å². The quantitative estimate of drug-likeness (QED) is 0.858. The molecule has 1 aromatic rings. The Morgan fingerprint density at radius 2 is 2.00 bits per heavy atom. The minimum Gasteiger partial charge on any atom is -0.285 e. The second-order valence-corrected chi connectivity index (χ2v) is 5.86. The number of halogens is 2. The molecule has 0 aliphatic heterocycles. The lowest BCUT2D eigenvalue weighted by atomic mass is 10.1. The predicted molar refractivity (Wildman–Crippen MR) is 61.2 cm³/mol. The Hall–Kier alpha value is -0.290. The van der Waals surface area contributed by atoms with Crippen LogP contribution in [0.3, 0.4) is 0 Å². The summed E-state index contributed by atoms with van der Waals surface area (Å²) in [5.41, 5.74) is 0.606. The molecule has 0 bridgehead atoms. The maximum absolute atomic E-state index is 10.8. The summed E-state index contributed by atoms with van der Waals surface area (Å²) in [7, 11) is -4.03. The summed E-state index contributed by atoms with van der Waals surface area (Å²) in [6, 6.07) is 4.97. The third-order valence-electron chi connectivity index (χ3n) is 2.05. The van der Waals surface area contributed by atoms with Crippen molar-refractivity contribution in [3.05, 3.63) is 33.8 Å². The van der Waals surface area contributed by atoms with Crippen LogP contribution in [0.2, 0.25) is 10.0 Å². The third-order valence-corrected chi connectivity index (χ3v) is 4.09. The van der Waals surface area contributed by atoms with Gasteiger partial charge in [-0.05, 0) is 25.0 Å². The average Bonchev–Trinajstić information content (AvgIpc) is 2.11. The van der Waals surface area contributed by atoms with Gasteiger partial charge in [-0.2, -0.15) is 8.42 Å². The molecule has 3 nitrogen and oxygen atoms in total. The molecule has 1 N–H and O–H groups in total. The summed E-state index contributed by atoms with van der Waals surface area (Å²) in [6.07, 6.45) is 0.137. The first kappa shape index (κ1) is 12.8. The van der Waals surface area contributed by atoms with Crippen molar-refractivity contribution in [3.8, 4) is 0 Å². The molecule has 0 radical (unpaired) electrons. The lowest BCUT2D eigenvalue weighted by Gasteiger charge is -2.10. The fourth-order valence-electron chi connectivity index (χ4n) is 1.12. The van der Waals surface area contributed by atoms with E-state index in [4.69, 9.17) is 27.8 Å². The van der Waals surface area contributed by atoms with E-state index >= 15 is 0 Å². The first-order valence-corrected chi connectivity index (χ1v) is 6.47. The Morgan fingerprint density at radius 3 is 2.53 bits per heavy atom.